The van der Waals surface area contributed by atoms with E-state index in [1.54, 1.807) is 24.8 Å². The first kappa shape index (κ1) is 27.8. The molecule has 224 valence electrons. The highest BCUT2D eigenvalue weighted by Gasteiger charge is 2.34. The average molecular weight is 615 g/mol. The highest BCUT2D eigenvalue weighted by Crippen LogP contribution is 2.41. The molecule has 6 nitrogen and oxygen atoms in total. The van der Waals surface area contributed by atoms with Crippen molar-refractivity contribution < 1.29 is 0 Å². The summed E-state index contributed by atoms with van der Waals surface area (Å²) in [6.07, 6.45) is 11.3. The lowest BCUT2D eigenvalue weighted by Gasteiger charge is -2.37. The Bertz CT molecular complexity index is 2300. The summed E-state index contributed by atoms with van der Waals surface area (Å²) in [5.41, 5.74) is 12.4. The van der Waals surface area contributed by atoms with E-state index in [2.05, 4.69) is 130 Å². The van der Waals surface area contributed by atoms with Crippen LogP contribution < -0.4 is 10.3 Å². The Hall–Kier alpha value is -6.47. The van der Waals surface area contributed by atoms with Gasteiger partial charge in [0.25, 0.3) is 0 Å². The monoisotopic (exact) mass is 614 g/mol. The third-order valence-corrected chi connectivity index (χ3v) is 8.97. The Morgan fingerprint density at radius 2 is 1.04 bits per heavy atom. The summed E-state index contributed by atoms with van der Waals surface area (Å²) < 4.78 is 0. The van der Waals surface area contributed by atoms with Crippen LogP contribution in [0.2, 0.25) is 0 Å². The zero-order valence-electron chi connectivity index (χ0n) is 25.8. The van der Waals surface area contributed by atoms with Crippen molar-refractivity contribution in [3.63, 3.8) is 0 Å². The van der Waals surface area contributed by atoms with E-state index in [9.17, 15) is 0 Å². The fraction of sp³-hybridized carbons (Fsp3) is 0. The maximum atomic E-state index is 4.96. The van der Waals surface area contributed by atoms with E-state index in [0.29, 0.717) is 17.5 Å². The van der Waals surface area contributed by atoms with Gasteiger partial charge in [-0.2, -0.15) is 0 Å². The Balaban J connectivity index is 1.15. The molecule has 7 aromatic rings. The van der Waals surface area contributed by atoms with E-state index in [0.717, 1.165) is 22.4 Å². The molecule has 0 unspecified atom stereocenters. The molecule has 0 spiro atoms. The molecule has 48 heavy (non-hydrogen) atoms. The lowest BCUT2D eigenvalue weighted by molar-refractivity contribution is 1.03. The molecule has 5 heterocycles. The molecular weight excluding hydrogens is 587 g/mol. The number of pyridine rings is 2. The van der Waals surface area contributed by atoms with Crippen LogP contribution in [-0.4, -0.2) is 31.8 Å². The fourth-order valence-corrected chi connectivity index (χ4v) is 6.68. The molecule has 0 amide bonds. The van der Waals surface area contributed by atoms with Gasteiger partial charge < -0.3 is 4.81 Å². The molecule has 0 bridgehead atoms. The van der Waals surface area contributed by atoms with Crippen LogP contribution in [0.1, 0.15) is 5.82 Å². The third-order valence-electron chi connectivity index (χ3n) is 8.97. The predicted octanol–water partition coefficient (Wildman–Crippen LogP) is 8.17. The second-order valence-corrected chi connectivity index (χ2v) is 11.8. The molecule has 9 rings (SSSR count). The maximum absolute atomic E-state index is 4.96. The summed E-state index contributed by atoms with van der Waals surface area (Å²) >= 11 is 0. The maximum Gasteiger partial charge on any atom is 0.320 e. The van der Waals surface area contributed by atoms with Gasteiger partial charge >= 0.3 is 6.85 Å². The number of allylic oxidation sites excluding steroid dienone is 2. The summed E-state index contributed by atoms with van der Waals surface area (Å²) in [5.74, 6) is 4.05. The van der Waals surface area contributed by atoms with E-state index in [-0.39, 0.29) is 6.85 Å². The zero-order valence-corrected chi connectivity index (χ0v) is 25.8. The molecule has 0 radical (unpaired) electrons. The summed E-state index contributed by atoms with van der Waals surface area (Å²) in [4.78, 5) is 25.4. The molecule has 0 saturated carbocycles. The molecule has 7 heteroatoms. The second kappa shape index (κ2) is 11.7. The highest BCUT2D eigenvalue weighted by molar-refractivity contribution is 6.84. The highest BCUT2D eigenvalue weighted by atomic mass is 15.1. The largest absolute Gasteiger partial charge is 0.382 e. The number of benzene rings is 4. The lowest BCUT2D eigenvalue weighted by Crippen LogP contribution is -2.49. The predicted molar refractivity (Wildman–Crippen MR) is 194 cm³/mol. The number of fused-ring (bicyclic) bond motifs is 6. The topological polar surface area (TPSA) is 67.7 Å². The van der Waals surface area contributed by atoms with Crippen molar-refractivity contribution in [2.75, 3.05) is 4.81 Å². The smallest absolute Gasteiger partial charge is 0.320 e. The van der Waals surface area contributed by atoms with Crippen LogP contribution in [0, 0.1) is 0 Å². The molecule has 2 aliphatic heterocycles. The van der Waals surface area contributed by atoms with Crippen molar-refractivity contribution in [1.82, 2.24) is 24.9 Å². The summed E-state index contributed by atoms with van der Waals surface area (Å²) in [5, 5.41) is 0. The first-order valence-corrected chi connectivity index (χ1v) is 15.9. The lowest BCUT2D eigenvalue weighted by atomic mass is 9.49. The number of rotatable bonds is 5. The Kier molecular flexibility index (Phi) is 6.79. The normalized spacial score (nSPS) is 13.0. The van der Waals surface area contributed by atoms with Crippen molar-refractivity contribution in [2.24, 2.45) is 0 Å². The molecule has 0 saturated heterocycles. The van der Waals surface area contributed by atoms with Crippen LogP contribution >= 0.6 is 0 Å². The van der Waals surface area contributed by atoms with Crippen molar-refractivity contribution in [3.8, 4) is 56.2 Å². The molecular formula is C41H27BN6. The molecule has 0 aliphatic carbocycles. The zero-order chi connectivity index (χ0) is 31.9. The first-order chi connectivity index (χ1) is 23.8. The molecule has 4 aromatic carbocycles. The van der Waals surface area contributed by atoms with Crippen molar-refractivity contribution in [1.29, 1.82) is 0 Å². The quantitative estimate of drug-likeness (QED) is 0.182. The summed E-state index contributed by atoms with van der Waals surface area (Å²) in [7, 11) is 0. The number of para-hydroxylation sites is 1. The van der Waals surface area contributed by atoms with Crippen LogP contribution in [0.5, 0.6) is 0 Å². The third kappa shape index (κ3) is 4.89. The standard InChI is InChI=1S/C41H27BN6/c1-2-8-28(9-3-1)33-10-4-5-11-34(33)31-14-15-37-36(26-31)35-12-6-7-13-38(35)48-27-32(16-21-42(37)48)41-46-39(29-17-22-43-23-18-29)45-40(47-41)30-19-24-44-25-20-30/h1-27H. The summed E-state index contributed by atoms with van der Waals surface area (Å²) in [6.45, 7) is 0.0261. The SMILES string of the molecule is C1=CC(c2nc(-c3ccncc3)nc(-c3ccncc3)n2)=CN2B1c1ccc(-c3ccccc3-c3ccccc3)cc1-c1ccccc12. The van der Waals surface area contributed by atoms with Gasteiger partial charge in [0.2, 0.25) is 0 Å². The Morgan fingerprint density at radius 3 is 1.73 bits per heavy atom. The van der Waals surface area contributed by atoms with E-state index in [1.165, 1.54) is 38.8 Å². The molecule has 3 aromatic heterocycles. The number of nitrogens with zero attached hydrogens (tertiary/aromatic N) is 6. The van der Waals surface area contributed by atoms with Gasteiger partial charge in [0.05, 0.1) is 0 Å². The summed E-state index contributed by atoms with van der Waals surface area (Å²) in [6, 6.07) is 42.5. The minimum absolute atomic E-state index is 0.0261. The van der Waals surface area contributed by atoms with E-state index in [1.807, 2.05) is 24.3 Å². The van der Waals surface area contributed by atoms with Crippen LogP contribution in [0.25, 0.3) is 61.7 Å². The second-order valence-electron chi connectivity index (χ2n) is 11.8. The fourth-order valence-electron chi connectivity index (χ4n) is 6.68. The minimum Gasteiger partial charge on any atom is -0.382 e. The van der Waals surface area contributed by atoms with Gasteiger partial charge in [-0.25, -0.2) is 15.0 Å². The van der Waals surface area contributed by atoms with Gasteiger partial charge in [0.1, 0.15) is 0 Å². The number of aromatic nitrogens is 5. The van der Waals surface area contributed by atoms with Gasteiger partial charge in [0.15, 0.2) is 17.5 Å². The number of hydrogen-bond donors (Lipinski definition) is 0. The van der Waals surface area contributed by atoms with Gasteiger partial charge in [-0.1, -0.05) is 97.0 Å². The van der Waals surface area contributed by atoms with Crippen LogP contribution in [0.3, 0.4) is 0 Å². The van der Waals surface area contributed by atoms with E-state index >= 15 is 0 Å². The van der Waals surface area contributed by atoms with Crippen molar-refractivity contribution in [3.05, 3.63) is 170 Å². The number of hydrogen-bond acceptors (Lipinski definition) is 6. The van der Waals surface area contributed by atoms with Gasteiger partial charge in [-0.3, -0.25) is 9.97 Å². The van der Waals surface area contributed by atoms with Crippen LogP contribution in [0.15, 0.2) is 164 Å². The van der Waals surface area contributed by atoms with Gasteiger partial charge in [-0.15, -0.1) is 0 Å². The van der Waals surface area contributed by atoms with Crippen LogP contribution in [0.4, 0.5) is 5.69 Å². The minimum atomic E-state index is 0.0261. The van der Waals surface area contributed by atoms with Gasteiger partial charge in [0, 0.05) is 58.9 Å². The van der Waals surface area contributed by atoms with Crippen molar-refractivity contribution >= 4 is 23.6 Å². The van der Waals surface area contributed by atoms with Gasteiger partial charge in [-0.05, 0) is 69.7 Å². The Morgan fingerprint density at radius 1 is 0.458 bits per heavy atom. The van der Waals surface area contributed by atoms with Crippen LogP contribution in [-0.2, 0) is 0 Å². The molecule has 2 aliphatic rings. The Labute approximate surface area is 279 Å². The van der Waals surface area contributed by atoms with Crippen molar-refractivity contribution in [2.45, 2.75) is 0 Å². The van der Waals surface area contributed by atoms with E-state index < -0.39 is 0 Å². The number of anilines is 1. The molecule has 0 atom stereocenters. The average Bonchev–Trinajstić information content (AvgIpc) is 3.18. The molecule has 0 fully saturated rings. The molecule has 0 N–H and O–H groups in total. The first-order valence-electron chi connectivity index (χ1n) is 15.9. The van der Waals surface area contributed by atoms with E-state index in [4.69, 9.17) is 15.0 Å².